The molecule has 16 heavy (non-hydrogen) atoms. The molecule has 0 fully saturated rings. The maximum absolute atomic E-state index is 9.82. The van der Waals surface area contributed by atoms with E-state index in [4.69, 9.17) is 9.47 Å². The summed E-state index contributed by atoms with van der Waals surface area (Å²) in [5, 5.41) is 9.82. The number of rotatable bonds is 4. The van der Waals surface area contributed by atoms with Crippen LogP contribution in [0.15, 0.2) is 12.1 Å². The second-order valence-electron chi connectivity index (χ2n) is 4.57. The highest BCUT2D eigenvalue weighted by molar-refractivity contribution is 5.49. The Morgan fingerprint density at radius 1 is 1.19 bits per heavy atom. The summed E-state index contributed by atoms with van der Waals surface area (Å²) in [6.45, 7) is 5.52. The van der Waals surface area contributed by atoms with Crippen LogP contribution < -0.4 is 9.47 Å². The summed E-state index contributed by atoms with van der Waals surface area (Å²) in [5.74, 6) is 1.60. The van der Waals surface area contributed by atoms with Crippen LogP contribution in [0.25, 0.3) is 0 Å². The molecule has 3 nitrogen and oxygen atoms in total. The Morgan fingerprint density at radius 2 is 1.81 bits per heavy atom. The third-order valence-electron chi connectivity index (χ3n) is 2.48. The molecule has 0 atom stereocenters. The van der Waals surface area contributed by atoms with Gasteiger partial charge in [0.2, 0.25) is 0 Å². The first kappa shape index (κ1) is 12.8. The first-order chi connectivity index (χ1) is 7.39. The van der Waals surface area contributed by atoms with Crippen molar-refractivity contribution in [1.82, 2.24) is 0 Å². The van der Waals surface area contributed by atoms with E-state index in [-0.39, 0.29) is 0 Å². The van der Waals surface area contributed by atoms with Gasteiger partial charge >= 0.3 is 0 Å². The third-order valence-corrected chi connectivity index (χ3v) is 2.48. The van der Waals surface area contributed by atoms with E-state index in [1.165, 1.54) is 0 Å². The first-order valence-electron chi connectivity index (χ1n) is 5.32. The molecule has 0 radical (unpaired) electrons. The van der Waals surface area contributed by atoms with Crippen LogP contribution in [0, 0.1) is 6.92 Å². The highest BCUT2D eigenvalue weighted by Crippen LogP contribution is 2.33. The van der Waals surface area contributed by atoms with Gasteiger partial charge in [0.1, 0.15) is 11.5 Å². The van der Waals surface area contributed by atoms with Crippen molar-refractivity contribution in [2.24, 2.45) is 0 Å². The monoisotopic (exact) mass is 224 g/mol. The van der Waals surface area contributed by atoms with E-state index >= 15 is 0 Å². The summed E-state index contributed by atoms with van der Waals surface area (Å²) in [7, 11) is 3.27. The minimum atomic E-state index is -0.742. The number of ether oxygens (including phenoxy) is 2. The summed E-state index contributed by atoms with van der Waals surface area (Å²) < 4.78 is 10.6. The van der Waals surface area contributed by atoms with Crippen molar-refractivity contribution in [3.8, 4) is 11.5 Å². The van der Waals surface area contributed by atoms with Gasteiger partial charge in [0.15, 0.2) is 0 Å². The van der Waals surface area contributed by atoms with Gasteiger partial charge in [-0.05, 0) is 32.4 Å². The smallest absolute Gasteiger partial charge is 0.128 e. The minimum Gasteiger partial charge on any atom is -0.496 e. The van der Waals surface area contributed by atoms with E-state index in [1.54, 1.807) is 28.1 Å². The van der Waals surface area contributed by atoms with Crippen molar-refractivity contribution in [2.45, 2.75) is 32.8 Å². The van der Waals surface area contributed by atoms with Gasteiger partial charge in [-0.15, -0.1) is 0 Å². The molecule has 0 saturated carbocycles. The van der Waals surface area contributed by atoms with Gasteiger partial charge in [0.05, 0.1) is 19.8 Å². The Labute approximate surface area is 97.0 Å². The number of benzene rings is 1. The highest BCUT2D eigenvalue weighted by Gasteiger charge is 2.18. The number of aliphatic hydroxyl groups is 1. The quantitative estimate of drug-likeness (QED) is 0.853. The van der Waals surface area contributed by atoms with Crippen LogP contribution in [-0.2, 0) is 6.42 Å². The fourth-order valence-corrected chi connectivity index (χ4v) is 1.84. The lowest BCUT2D eigenvalue weighted by molar-refractivity contribution is 0.0802. The lowest BCUT2D eigenvalue weighted by atomic mass is 9.96. The molecule has 0 aliphatic heterocycles. The molecular formula is C13H20O3. The number of methoxy groups -OCH3 is 2. The Bertz CT molecular complexity index is 364. The van der Waals surface area contributed by atoms with Gasteiger partial charge in [0.25, 0.3) is 0 Å². The average Bonchev–Trinajstić information content (AvgIpc) is 2.16. The predicted octanol–water partition coefficient (Wildman–Crippen LogP) is 2.33. The van der Waals surface area contributed by atoms with E-state index in [2.05, 4.69) is 0 Å². The Kier molecular flexibility index (Phi) is 3.81. The second-order valence-corrected chi connectivity index (χ2v) is 4.57. The zero-order valence-electron chi connectivity index (χ0n) is 10.6. The van der Waals surface area contributed by atoms with Crippen LogP contribution in [0.2, 0.25) is 0 Å². The highest BCUT2D eigenvalue weighted by atomic mass is 16.5. The molecule has 3 heteroatoms. The van der Waals surface area contributed by atoms with Gasteiger partial charge in [-0.3, -0.25) is 0 Å². The van der Waals surface area contributed by atoms with E-state index in [9.17, 15) is 5.11 Å². The molecule has 0 amide bonds. The molecule has 0 saturated heterocycles. The Balaban J connectivity index is 3.16. The van der Waals surface area contributed by atoms with E-state index in [0.717, 1.165) is 22.6 Å². The number of hydrogen-bond donors (Lipinski definition) is 1. The lowest BCUT2D eigenvalue weighted by Gasteiger charge is -2.20. The summed E-state index contributed by atoms with van der Waals surface area (Å²) >= 11 is 0. The largest absolute Gasteiger partial charge is 0.496 e. The van der Waals surface area contributed by atoms with Gasteiger partial charge in [0, 0.05) is 12.0 Å². The molecule has 0 aliphatic carbocycles. The third kappa shape index (κ3) is 2.89. The fourth-order valence-electron chi connectivity index (χ4n) is 1.84. The Hall–Kier alpha value is -1.22. The van der Waals surface area contributed by atoms with E-state index in [1.807, 2.05) is 19.1 Å². The molecule has 0 bridgehead atoms. The van der Waals surface area contributed by atoms with Crippen LogP contribution in [0.5, 0.6) is 11.5 Å². The van der Waals surface area contributed by atoms with Crippen molar-refractivity contribution in [1.29, 1.82) is 0 Å². The first-order valence-corrected chi connectivity index (χ1v) is 5.32. The van der Waals surface area contributed by atoms with Crippen LogP contribution in [0.3, 0.4) is 0 Å². The maximum atomic E-state index is 9.82. The summed E-state index contributed by atoms with van der Waals surface area (Å²) in [5.41, 5.74) is 1.22. The Morgan fingerprint density at radius 3 is 2.25 bits per heavy atom. The van der Waals surface area contributed by atoms with Gasteiger partial charge < -0.3 is 14.6 Å². The van der Waals surface area contributed by atoms with Crippen LogP contribution in [0.1, 0.15) is 25.0 Å². The zero-order valence-corrected chi connectivity index (χ0v) is 10.6. The molecule has 90 valence electrons. The molecule has 1 aromatic carbocycles. The van der Waals surface area contributed by atoms with Crippen LogP contribution in [-0.4, -0.2) is 24.9 Å². The van der Waals surface area contributed by atoms with Crippen LogP contribution >= 0.6 is 0 Å². The molecule has 0 aromatic heterocycles. The van der Waals surface area contributed by atoms with Crippen LogP contribution in [0.4, 0.5) is 0 Å². The molecule has 1 aromatic rings. The van der Waals surface area contributed by atoms with Gasteiger partial charge in [-0.1, -0.05) is 6.07 Å². The average molecular weight is 224 g/mol. The molecular weight excluding hydrogens is 204 g/mol. The van der Waals surface area contributed by atoms with Gasteiger partial charge in [-0.25, -0.2) is 0 Å². The molecule has 0 heterocycles. The topological polar surface area (TPSA) is 38.7 Å². The van der Waals surface area contributed by atoms with E-state index in [0.29, 0.717) is 6.42 Å². The molecule has 0 spiro atoms. The second kappa shape index (κ2) is 4.74. The zero-order chi connectivity index (χ0) is 12.3. The predicted molar refractivity (Wildman–Crippen MR) is 64.3 cm³/mol. The SMILES string of the molecule is COc1ccc(CC(C)(C)O)c(OC)c1C. The number of hydrogen-bond acceptors (Lipinski definition) is 3. The lowest BCUT2D eigenvalue weighted by Crippen LogP contribution is -2.22. The van der Waals surface area contributed by atoms with Crippen molar-refractivity contribution in [3.63, 3.8) is 0 Å². The molecule has 1 N–H and O–H groups in total. The van der Waals surface area contributed by atoms with Crippen molar-refractivity contribution in [3.05, 3.63) is 23.3 Å². The van der Waals surface area contributed by atoms with Crippen molar-refractivity contribution in [2.75, 3.05) is 14.2 Å². The molecule has 0 unspecified atom stereocenters. The standard InChI is InChI=1S/C13H20O3/c1-9-11(15-4)7-6-10(12(9)16-5)8-13(2,3)14/h6-7,14H,8H2,1-5H3. The van der Waals surface area contributed by atoms with Crippen molar-refractivity contribution >= 4 is 0 Å². The molecule has 0 aliphatic rings. The fraction of sp³-hybridized carbons (Fsp3) is 0.538. The summed E-state index contributed by atoms with van der Waals surface area (Å²) in [6.07, 6.45) is 0.557. The van der Waals surface area contributed by atoms with Gasteiger partial charge in [-0.2, -0.15) is 0 Å². The van der Waals surface area contributed by atoms with Crippen molar-refractivity contribution < 1.29 is 14.6 Å². The van der Waals surface area contributed by atoms with E-state index < -0.39 is 5.60 Å². The maximum Gasteiger partial charge on any atom is 0.128 e. The normalized spacial score (nSPS) is 11.4. The minimum absolute atomic E-state index is 0.557. The summed E-state index contributed by atoms with van der Waals surface area (Å²) in [4.78, 5) is 0. The summed E-state index contributed by atoms with van der Waals surface area (Å²) in [6, 6.07) is 3.83. The molecule has 1 rings (SSSR count).